The number of allylic oxidation sites excluding steroid dienone is 1. The predicted molar refractivity (Wildman–Crippen MR) is 221 cm³/mol. The molecule has 0 spiro atoms. The van der Waals surface area contributed by atoms with Crippen LogP contribution in [0.4, 0.5) is 9.59 Å². The van der Waals surface area contributed by atoms with Crippen LogP contribution in [0.3, 0.4) is 0 Å². The molecule has 2 aromatic carbocycles. The van der Waals surface area contributed by atoms with E-state index >= 15 is 0 Å². The molecule has 0 bridgehead atoms. The zero-order valence-corrected chi connectivity index (χ0v) is 34.4. The Kier molecular flexibility index (Phi) is 16.2. The van der Waals surface area contributed by atoms with Gasteiger partial charge in [0, 0.05) is 56.8 Å². The number of benzene rings is 2. The fourth-order valence-electron chi connectivity index (χ4n) is 8.28. The van der Waals surface area contributed by atoms with Crippen molar-refractivity contribution >= 4 is 23.8 Å². The quantitative estimate of drug-likeness (QED) is 0.160. The Labute approximate surface area is 347 Å². The average molecular weight is 814 g/mol. The molecule has 2 unspecified atom stereocenters. The summed E-state index contributed by atoms with van der Waals surface area (Å²) in [5.41, 5.74) is 6.01. The second-order valence-corrected chi connectivity index (χ2v) is 15.6. The lowest BCUT2D eigenvalue weighted by Gasteiger charge is -2.37. The zero-order valence-electron chi connectivity index (χ0n) is 34.4. The number of hydrazone groups is 1. The molecule has 3 aliphatic heterocycles. The Morgan fingerprint density at radius 2 is 1.73 bits per heavy atom. The lowest BCUT2D eigenvalue weighted by molar-refractivity contribution is -0.121. The van der Waals surface area contributed by atoms with Crippen LogP contribution in [0.15, 0.2) is 59.8 Å². The van der Waals surface area contributed by atoms with Crippen molar-refractivity contribution in [2.45, 2.75) is 95.0 Å². The highest BCUT2D eigenvalue weighted by atomic mass is 16.6. The second kappa shape index (κ2) is 22.2. The Morgan fingerprint density at radius 1 is 0.949 bits per heavy atom. The van der Waals surface area contributed by atoms with Crippen molar-refractivity contribution in [3.63, 3.8) is 0 Å². The third-order valence-electron chi connectivity index (χ3n) is 11.6. The van der Waals surface area contributed by atoms with Gasteiger partial charge in [0.1, 0.15) is 12.2 Å². The molecule has 318 valence electrons. The number of amides is 3. The van der Waals surface area contributed by atoms with Crippen LogP contribution in [-0.4, -0.2) is 112 Å². The van der Waals surface area contributed by atoms with Gasteiger partial charge in [0.25, 0.3) is 0 Å². The van der Waals surface area contributed by atoms with E-state index in [0.29, 0.717) is 75.8 Å². The molecule has 3 amide bonds. The first kappa shape index (κ1) is 43.3. The van der Waals surface area contributed by atoms with Crippen LogP contribution in [0.25, 0.3) is 0 Å². The first-order chi connectivity index (χ1) is 28.8. The molecule has 1 aliphatic carbocycles. The van der Waals surface area contributed by atoms with Gasteiger partial charge in [0.05, 0.1) is 45.1 Å². The molecular formula is C44H59N7O8. The molecule has 2 aromatic rings. The minimum absolute atomic E-state index is 0.0602. The molecular weight excluding hydrogens is 755 g/mol. The highest BCUT2D eigenvalue weighted by molar-refractivity contribution is 5.94. The molecule has 1 saturated carbocycles. The largest absolute Gasteiger partial charge is 0.493 e. The number of nitrogens with one attached hydrogen (secondary N) is 3. The van der Waals surface area contributed by atoms with Gasteiger partial charge in [-0.25, -0.2) is 15.0 Å². The number of nitrogens with zero attached hydrogens (tertiary/aromatic N) is 4. The minimum Gasteiger partial charge on any atom is -0.493 e. The maximum Gasteiger partial charge on any atom is 0.407 e. The van der Waals surface area contributed by atoms with E-state index in [1.54, 1.807) is 26.4 Å². The van der Waals surface area contributed by atoms with Crippen molar-refractivity contribution in [3.8, 4) is 17.6 Å². The zero-order chi connectivity index (χ0) is 41.4. The van der Waals surface area contributed by atoms with Crippen LogP contribution in [0.2, 0.25) is 0 Å². The van der Waals surface area contributed by atoms with Gasteiger partial charge in [-0.3, -0.25) is 9.69 Å². The van der Waals surface area contributed by atoms with Crippen molar-refractivity contribution in [3.05, 3.63) is 71.4 Å². The number of nitriles is 1. The minimum atomic E-state index is -0.565. The van der Waals surface area contributed by atoms with E-state index in [-0.39, 0.29) is 24.0 Å². The van der Waals surface area contributed by atoms with Gasteiger partial charge >= 0.3 is 12.2 Å². The maximum absolute atomic E-state index is 12.9. The standard InChI is InChI=1S/C44H59N7O8/c1-55-39-15-11-31(27-40(39)56-2)20-26-57-38-8-4-3-7-37(38)51-25-19-35(29-51)58-43(53)46-21-5-6-22-47-44(54)59-41(34-12-9-32(28-45)10-13-34)30-50-23-17-33(18-24-50)36-14-16-42(52)49-48-36/h9-13,15,17,23,27,33,35,37-38,41H,3-8,14,16,18-22,24-26,29-30H2,1-2H3,(H,46,53)(H,47,54)(H,49,52)/t33?,35-,37-,38-,41?/m1/s1. The lowest BCUT2D eigenvalue weighted by Crippen LogP contribution is -2.46. The summed E-state index contributed by atoms with van der Waals surface area (Å²) in [4.78, 5) is 41.7. The van der Waals surface area contributed by atoms with Crippen molar-refractivity contribution in [1.82, 2.24) is 25.9 Å². The summed E-state index contributed by atoms with van der Waals surface area (Å²) in [6.45, 7) is 4.19. The van der Waals surface area contributed by atoms with Gasteiger partial charge in [-0.05, 0) is 93.0 Å². The van der Waals surface area contributed by atoms with E-state index in [4.69, 9.17) is 23.7 Å². The van der Waals surface area contributed by atoms with E-state index < -0.39 is 18.3 Å². The van der Waals surface area contributed by atoms with E-state index in [2.05, 4.69) is 43.1 Å². The predicted octanol–water partition coefficient (Wildman–Crippen LogP) is 5.60. The molecule has 5 atom stereocenters. The molecule has 1 saturated heterocycles. The van der Waals surface area contributed by atoms with Gasteiger partial charge < -0.3 is 39.2 Å². The average Bonchev–Trinajstić information content (AvgIpc) is 3.73. The molecule has 3 N–H and O–H groups in total. The van der Waals surface area contributed by atoms with Crippen LogP contribution in [-0.2, 0) is 25.4 Å². The number of hydrogen-bond acceptors (Lipinski definition) is 12. The summed E-state index contributed by atoms with van der Waals surface area (Å²) in [5, 5.41) is 19.2. The molecule has 6 rings (SSSR count). The number of unbranched alkanes of at least 4 members (excludes halogenated alkanes) is 1. The number of rotatable bonds is 18. The lowest BCUT2D eigenvalue weighted by atomic mass is 9.91. The summed E-state index contributed by atoms with van der Waals surface area (Å²) < 4.78 is 29.0. The Bertz CT molecular complexity index is 1810. The summed E-state index contributed by atoms with van der Waals surface area (Å²) in [6, 6.07) is 15.5. The molecule has 0 aromatic heterocycles. The molecule has 2 fully saturated rings. The SMILES string of the molecule is COc1ccc(CCO[C@@H]2CCCC[C@H]2N2CC[C@@H](OC(=O)NCCCCNC(=O)OC(CN3C=CC(C4=NNC(=O)CC4)CC3)c3ccc(C#N)cc3)C2)cc1OC. The summed E-state index contributed by atoms with van der Waals surface area (Å²) in [6.07, 6.45) is 11.8. The summed E-state index contributed by atoms with van der Waals surface area (Å²) >= 11 is 0. The first-order valence-corrected chi connectivity index (χ1v) is 21.0. The fraction of sp³-hybridized carbons (Fsp3) is 0.568. The number of carbonyl (C=O) groups excluding carboxylic acids is 3. The van der Waals surface area contributed by atoms with Crippen molar-refractivity contribution in [1.29, 1.82) is 5.26 Å². The monoisotopic (exact) mass is 813 g/mol. The van der Waals surface area contributed by atoms with Crippen LogP contribution >= 0.6 is 0 Å². The van der Waals surface area contributed by atoms with E-state index in [1.165, 1.54) is 6.42 Å². The van der Waals surface area contributed by atoms with Gasteiger partial charge in [-0.2, -0.15) is 10.4 Å². The number of carbonyl (C=O) groups is 3. The van der Waals surface area contributed by atoms with Crippen LogP contribution in [0.5, 0.6) is 11.5 Å². The van der Waals surface area contributed by atoms with E-state index in [9.17, 15) is 19.6 Å². The topological polar surface area (TPSA) is 176 Å². The normalized spacial score (nSPS) is 22.4. The number of likely N-dealkylation sites (tertiary alicyclic amines) is 1. The van der Waals surface area contributed by atoms with Crippen LogP contribution in [0, 0.1) is 17.2 Å². The third kappa shape index (κ3) is 12.8. The molecule has 15 heteroatoms. The highest BCUT2D eigenvalue weighted by Gasteiger charge is 2.36. The maximum atomic E-state index is 12.9. The summed E-state index contributed by atoms with van der Waals surface area (Å²) in [5.74, 6) is 1.53. The number of hydrogen-bond donors (Lipinski definition) is 3. The summed E-state index contributed by atoms with van der Waals surface area (Å²) in [7, 11) is 3.28. The molecule has 59 heavy (non-hydrogen) atoms. The second-order valence-electron chi connectivity index (χ2n) is 15.6. The van der Waals surface area contributed by atoms with Crippen LogP contribution < -0.4 is 25.5 Å². The van der Waals surface area contributed by atoms with Crippen molar-refractivity contribution in [2.75, 3.05) is 60.1 Å². The number of methoxy groups -OCH3 is 2. The Morgan fingerprint density at radius 3 is 2.44 bits per heavy atom. The fourth-order valence-corrected chi connectivity index (χ4v) is 8.28. The highest BCUT2D eigenvalue weighted by Crippen LogP contribution is 2.31. The van der Waals surface area contributed by atoms with Crippen LogP contribution in [0.1, 0.15) is 87.0 Å². The number of ether oxygens (including phenoxy) is 5. The van der Waals surface area contributed by atoms with Gasteiger partial charge in [0.15, 0.2) is 11.5 Å². The van der Waals surface area contributed by atoms with Gasteiger partial charge in [-0.15, -0.1) is 0 Å². The van der Waals surface area contributed by atoms with Gasteiger partial charge in [-0.1, -0.05) is 37.1 Å². The molecule has 4 aliphatic rings. The first-order valence-electron chi connectivity index (χ1n) is 21.0. The Balaban J connectivity index is 0.870. The third-order valence-corrected chi connectivity index (χ3v) is 11.6. The van der Waals surface area contributed by atoms with Crippen molar-refractivity contribution in [2.24, 2.45) is 11.0 Å². The van der Waals surface area contributed by atoms with E-state index in [1.807, 2.05) is 36.5 Å². The Hall–Kier alpha value is -5.33. The van der Waals surface area contributed by atoms with E-state index in [0.717, 1.165) is 74.2 Å². The molecule has 0 radical (unpaired) electrons. The van der Waals surface area contributed by atoms with Crippen molar-refractivity contribution < 1.29 is 38.1 Å². The smallest absolute Gasteiger partial charge is 0.407 e. The number of alkyl carbamates (subject to hydrolysis) is 2. The molecule has 3 heterocycles. The molecule has 15 nitrogen and oxygen atoms in total. The van der Waals surface area contributed by atoms with Gasteiger partial charge in [0.2, 0.25) is 5.91 Å².